The first-order valence-electron chi connectivity index (χ1n) is 4.72. The van der Waals surface area contributed by atoms with Gasteiger partial charge in [0, 0.05) is 12.3 Å². The minimum atomic E-state index is 0.755. The fourth-order valence-corrected chi connectivity index (χ4v) is 1.06. The summed E-state index contributed by atoms with van der Waals surface area (Å²) >= 11 is 0. The highest BCUT2D eigenvalue weighted by molar-refractivity contribution is 5.84. The fourth-order valence-electron chi connectivity index (χ4n) is 1.06. The third kappa shape index (κ3) is 6.08. The lowest BCUT2D eigenvalue weighted by molar-refractivity contribution is 0.675. The van der Waals surface area contributed by atoms with E-state index in [0.29, 0.717) is 0 Å². The van der Waals surface area contributed by atoms with Crippen LogP contribution in [0.5, 0.6) is 0 Å². The van der Waals surface area contributed by atoms with E-state index in [9.17, 15) is 0 Å². The Labute approximate surface area is 70.9 Å². The van der Waals surface area contributed by atoms with Crippen molar-refractivity contribution in [3.8, 4) is 0 Å². The van der Waals surface area contributed by atoms with Crippen LogP contribution in [0.4, 0.5) is 0 Å². The van der Waals surface area contributed by atoms with Gasteiger partial charge < -0.3 is 0 Å². The third-order valence-corrected chi connectivity index (χ3v) is 1.61. The van der Waals surface area contributed by atoms with Gasteiger partial charge in [0.05, 0.1) is 0 Å². The van der Waals surface area contributed by atoms with Gasteiger partial charge in [0.15, 0.2) is 0 Å². The molecule has 1 heteroatoms. The molecule has 0 N–H and O–H groups in total. The van der Waals surface area contributed by atoms with E-state index in [1.165, 1.54) is 18.6 Å². The quantitative estimate of drug-likeness (QED) is 0.540. The van der Waals surface area contributed by atoms with Crippen LogP contribution in [0.1, 0.15) is 47.0 Å². The maximum Gasteiger partial charge on any atom is 0.0386 e. The van der Waals surface area contributed by atoms with Crippen LogP contribution in [-0.4, -0.2) is 12.3 Å². The minimum absolute atomic E-state index is 0.755. The minimum Gasteiger partial charge on any atom is -0.294 e. The maximum atomic E-state index is 4.52. The van der Waals surface area contributed by atoms with Crippen LogP contribution >= 0.6 is 0 Å². The van der Waals surface area contributed by atoms with E-state index in [0.717, 1.165) is 18.9 Å². The Kier molecular flexibility index (Phi) is 6.19. The summed E-state index contributed by atoms with van der Waals surface area (Å²) in [6.07, 6.45) is 3.47. The molecule has 0 fully saturated rings. The van der Waals surface area contributed by atoms with E-state index in [1.807, 2.05) is 0 Å². The molecule has 0 aliphatic heterocycles. The van der Waals surface area contributed by atoms with Crippen molar-refractivity contribution in [2.45, 2.75) is 47.0 Å². The molecule has 0 radical (unpaired) electrons. The van der Waals surface area contributed by atoms with Crippen molar-refractivity contribution in [1.82, 2.24) is 0 Å². The molecule has 0 unspecified atom stereocenters. The zero-order valence-electron chi connectivity index (χ0n) is 8.35. The molecule has 11 heavy (non-hydrogen) atoms. The molecule has 0 saturated heterocycles. The van der Waals surface area contributed by atoms with Gasteiger partial charge in [-0.3, -0.25) is 4.99 Å². The highest BCUT2D eigenvalue weighted by atomic mass is 14.7. The van der Waals surface area contributed by atoms with Crippen LogP contribution in [-0.2, 0) is 0 Å². The van der Waals surface area contributed by atoms with Crippen molar-refractivity contribution in [1.29, 1.82) is 0 Å². The second kappa shape index (κ2) is 6.38. The molecule has 0 aliphatic rings. The summed E-state index contributed by atoms with van der Waals surface area (Å²) in [4.78, 5) is 4.52. The van der Waals surface area contributed by atoms with E-state index < -0.39 is 0 Å². The molecular formula is C10H21N. The average Bonchev–Trinajstić information content (AvgIpc) is 1.97. The number of hydrogen-bond donors (Lipinski definition) is 0. The van der Waals surface area contributed by atoms with Gasteiger partial charge in [-0.15, -0.1) is 0 Å². The van der Waals surface area contributed by atoms with Crippen LogP contribution in [0.15, 0.2) is 4.99 Å². The van der Waals surface area contributed by atoms with Gasteiger partial charge in [0.25, 0.3) is 0 Å². The van der Waals surface area contributed by atoms with Gasteiger partial charge >= 0.3 is 0 Å². The van der Waals surface area contributed by atoms with Crippen LogP contribution in [0, 0.1) is 5.92 Å². The number of hydrogen-bond acceptors (Lipinski definition) is 1. The van der Waals surface area contributed by atoms with Crippen LogP contribution in [0.2, 0.25) is 0 Å². The van der Waals surface area contributed by atoms with E-state index in [2.05, 4.69) is 32.7 Å². The van der Waals surface area contributed by atoms with E-state index in [-0.39, 0.29) is 0 Å². The fraction of sp³-hybridized carbons (Fsp3) is 0.900. The number of rotatable bonds is 5. The second-order valence-corrected chi connectivity index (χ2v) is 3.40. The van der Waals surface area contributed by atoms with Crippen LogP contribution in [0.25, 0.3) is 0 Å². The normalized spacial score (nSPS) is 12.6. The first-order chi connectivity index (χ1) is 5.20. The zero-order valence-corrected chi connectivity index (χ0v) is 8.35. The topological polar surface area (TPSA) is 12.4 Å². The lowest BCUT2D eigenvalue weighted by Crippen LogP contribution is -2.02. The summed E-state index contributed by atoms with van der Waals surface area (Å²) in [5.41, 5.74) is 1.39. The van der Waals surface area contributed by atoms with Crippen LogP contribution < -0.4 is 0 Å². The molecule has 0 spiro atoms. The molecule has 0 atom stereocenters. The van der Waals surface area contributed by atoms with Gasteiger partial charge in [-0.1, -0.05) is 27.7 Å². The smallest absolute Gasteiger partial charge is 0.0386 e. The number of nitrogens with zero attached hydrogens (tertiary/aromatic N) is 1. The molecule has 0 amide bonds. The van der Waals surface area contributed by atoms with E-state index in [4.69, 9.17) is 0 Å². The highest BCUT2D eigenvalue weighted by Gasteiger charge is 1.98. The Balaban J connectivity index is 3.73. The van der Waals surface area contributed by atoms with Crippen molar-refractivity contribution in [2.75, 3.05) is 6.54 Å². The predicted molar refractivity (Wildman–Crippen MR) is 52.3 cm³/mol. The molecule has 0 aliphatic carbocycles. The summed E-state index contributed by atoms with van der Waals surface area (Å²) < 4.78 is 0. The summed E-state index contributed by atoms with van der Waals surface area (Å²) in [6, 6.07) is 0. The van der Waals surface area contributed by atoms with Gasteiger partial charge in [-0.05, 0) is 25.2 Å². The second-order valence-electron chi connectivity index (χ2n) is 3.40. The summed E-state index contributed by atoms with van der Waals surface area (Å²) in [7, 11) is 0. The van der Waals surface area contributed by atoms with Gasteiger partial charge in [0.1, 0.15) is 0 Å². The molecule has 0 aromatic rings. The molecular weight excluding hydrogens is 134 g/mol. The van der Waals surface area contributed by atoms with Crippen molar-refractivity contribution in [3.63, 3.8) is 0 Å². The average molecular weight is 155 g/mol. The Bertz CT molecular complexity index is 114. The molecule has 1 nitrogen and oxygen atoms in total. The van der Waals surface area contributed by atoms with Crippen molar-refractivity contribution < 1.29 is 0 Å². The molecule has 0 aromatic heterocycles. The SMILES string of the molecule is CCCN=C(CC)CC(C)C. The van der Waals surface area contributed by atoms with Gasteiger partial charge in [0.2, 0.25) is 0 Å². The monoisotopic (exact) mass is 155 g/mol. The molecule has 0 bridgehead atoms. The largest absolute Gasteiger partial charge is 0.294 e. The van der Waals surface area contributed by atoms with Crippen molar-refractivity contribution in [3.05, 3.63) is 0 Å². The van der Waals surface area contributed by atoms with Crippen LogP contribution in [0.3, 0.4) is 0 Å². The summed E-state index contributed by atoms with van der Waals surface area (Å²) in [5, 5.41) is 0. The van der Waals surface area contributed by atoms with Gasteiger partial charge in [-0.2, -0.15) is 0 Å². The molecule has 0 saturated carbocycles. The third-order valence-electron chi connectivity index (χ3n) is 1.61. The molecule has 0 aromatic carbocycles. The summed E-state index contributed by atoms with van der Waals surface area (Å²) in [6.45, 7) is 9.87. The summed E-state index contributed by atoms with van der Waals surface area (Å²) in [5.74, 6) is 0.755. The maximum absolute atomic E-state index is 4.52. The molecule has 66 valence electrons. The Morgan fingerprint density at radius 2 is 1.91 bits per heavy atom. The van der Waals surface area contributed by atoms with Crippen molar-refractivity contribution in [2.24, 2.45) is 10.9 Å². The first-order valence-corrected chi connectivity index (χ1v) is 4.72. The Hall–Kier alpha value is -0.330. The zero-order chi connectivity index (χ0) is 8.69. The Morgan fingerprint density at radius 3 is 2.27 bits per heavy atom. The van der Waals surface area contributed by atoms with E-state index >= 15 is 0 Å². The molecule has 0 heterocycles. The Morgan fingerprint density at radius 1 is 1.27 bits per heavy atom. The highest BCUT2D eigenvalue weighted by Crippen LogP contribution is 2.04. The van der Waals surface area contributed by atoms with Crippen molar-refractivity contribution >= 4 is 5.71 Å². The van der Waals surface area contributed by atoms with E-state index in [1.54, 1.807) is 0 Å². The lowest BCUT2D eigenvalue weighted by atomic mass is 10.1. The standard InChI is InChI=1S/C10H21N/c1-5-7-11-10(6-2)8-9(3)4/h9H,5-8H2,1-4H3. The van der Waals surface area contributed by atoms with Gasteiger partial charge in [-0.25, -0.2) is 0 Å². The lowest BCUT2D eigenvalue weighted by Gasteiger charge is -2.05. The first kappa shape index (κ1) is 10.7. The predicted octanol–water partition coefficient (Wildman–Crippen LogP) is 3.29. The molecule has 0 rings (SSSR count). The number of aliphatic imine (C=N–C) groups is 1.